The van der Waals surface area contributed by atoms with Crippen molar-refractivity contribution in [3.63, 3.8) is 0 Å². The summed E-state index contributed by atoms with van der Waals surface area (Å²) in [7, 11) is 3.02. The molecule has 2 N–H and O–H groups in total. The number of nitrogens with one attached hydrogen (secondary N) is 1. The van der Waals surface area contributed by atoms with E-state index in [1.165, 1.54) is 14.2 Å². The van der Waals surface area contributed by atoms with Crippen LogP contribution in [0, 0.1) is 5.92 Å². The van der Waals surface area contributed by atoms with Crippen molar-refractivity contribution >= 4 is 11.9 Å². The van der Waals surface area contributed by atoms with Crippen LogP contribution in [0.3, 0.4) is 0 Å². The molecule has 6 heteroatoms. The quantitative estimate of drug-likeness (QED) is 0.678. The third-order valence-corrected chi connectivity index (χ3v) is 3.61. The minimum Gasteiger partial charge on any atom is -0.497 e. The average molecular weight is 335 g/mol. The highest BCUT2D eigenvalue weighted by molar-refractivity contribution is 5.80. The molecule has 1 aromatic rings. The summed E-state index contributed by atoms with van der Waals surface area (Å²) in [6.45, 7) is 7.44. The van der Waals surface area contributed by atoms with Crippen molar-refractivity contribution in [2.24, 2.45) is 5.92 Å². The van der Waals surface area contributed by atoms with E-state index in [9.17, 15) is 14.7 Å². The first-order valence-corrected chi connectivity index (χ1v) is 7.67. The Morgan fingerprint density at radius 1 is 1.25 bits per heavy atom. The van der Waals surface area contributed by atoms with Gasteiger partial charge in [0, 0.05) is 17.5 Å². The summed E-state index contributed by atoms with van der Waals surface area (Å²) < 4.78 is 10.5. The molecule has 1 amide bonds. The number of ether oxygens (including phenoxy) is 2. The molecule has 0 aromatic heterocycles. The first-order chi connectivity index (χ1) is 11.3. The lowest BCUT2D eigenvalue weighted by Crippen LogP contribution is -2.34. The van der Waals surface area contributed by atoms with Crippen LogP contribution in [-0.2, 0) is 9.59 Å². The number of carboxylic acids is 1. The van der Waals surface area contributed by atoms with Crippen LogP contribution in [-0.4, -0.2) is 31.2 Å². The Morgan fingerprint density at radius 3 is 2.42 bits per heavy atom. The van der Waals surface area contributed by atoms with Crippen LogP contribution in [0.2, 0.25) is 0 Å². The molecule has 24 heavy (non-hydrogen) atoms. The van der Waals surface area contributed by atoms with E-state index in [4.69, 9.17) is 9.47 Å². The van der Waals surface area contributed by atoms with Crippen LogP contribution in [0.25, 0.3) is 0 Å². The Labute approximate surface area is 142 Å². The predicted octanol–water partition coefficient (Wildman–Crippen LogP) is 2.94. The molecule has 6 nitrogen and oxygen atoms in total. The van der Waals surface area contributed by atoms with Crippen molar-refractivity contribution in [2.75, 3.05) is 14.2 Å². The maximum Gasteiger partial charge on any atom is 0.305 e. The molecule has 1 rings (SSSR count). The normalized spacial score (nSPS) is 12.8. The van der Waals surface area contributed by atoms with Gasteiger partial charge in [0.1, 0.15) is 11.5 Å². The monoisotopic (exact) mass is 335 g/mol. The number of rotatable bonds is 9. The van der Waals surface area contributed by atoms with Gasteiger partial charge in [-0.3, -0.25) is 9.59 Å². The number of amides is 1. The van der Waals surface area contributed by atoms with E-state index in [1.807, 2.05) is 6.92 Å². The summed E-state index contributed by atoms with van der Waals surface area (Å²) in [5, 5.41) is 12.0. The lowest BCUT2D eigenvalue weighted by molar-refractivity contribution is -0.137. The third-order valence-electron chi connectivity index (χ3n) is 3.61. The molecule has 0 fully saturated rings. The molecule has 2 atom stereocenters. The lowest BCUT2D eigenvalue weighted by Gasteiger charge is -2.22. The molecule has 2 unspecified atom stereocenters. The maximum absolute atomic E-state index is 12.4. The van der Waals surface area contributed by atoms with Crippen LogP contribution in [0.4, 0.5) is 0 Å². The fourth-order valence-electron chi connectivity index (χ4n) is 2.45. The molecule has 0 saturated carbocycles. The minimum atomic E-state index is -1.01. The molecule has 0 aliphatic rings. The van der Waals surface area contributed by atoms with Crippen LogP contribution in [0.1, 0.15) is 38.3 Å². The minimum absolute atomic E-state index is 0.220. The van der Waals surface area contributed by atoms with Crippen molar-refractivity contribution in [2.45, 2.75) is 32.7 Å². The predicted molar refractivity (Wildman–Crippen MR) is 91.3 cm³/mol. The van der Waals surface area contributed by atoms with Gasteiger partial charge in [-0.05, 0) is 25.5 Å². The molecular formula is C18H25NO5. The smallest absolute Gasteiger partial charge is 0.305 e. The Hall–Kier alpha value is -2.50. The Bertz CT molecular complexity index is 611. The Balaban J connectivity index is 3.07. The summed E-state index contributed by atoms with van der Waals surface area (Å²) in [6.07, 6.45) is 0.305. The Morgan fingerprint density at radius 2 is 1.92 bits per heavy atom. The molecule has 0 heterocycles. The van der Waals surface area contributed by atoms with Gasteiger partial charge >= 0.3 is 5.97 Å². The van der Waals surface area contributed by atoms with Crippen molar-refractivity contribution < 1.29 is 24.2 Å². The van der Waals surface area contributed by atoms with Crippen molar-refractivity contribution in [1.82, 2.24) is 5.32 Å². The molecular weight excluding hydrogens is 310 g/mol. The van der Waals surface area contributed by atoms with Crippen molar-refractivity contribution in [1.29, 1.82) is 0 Å². The van der Waals surface area contributed by atoms with Gasteiger partial charge in [-0.2, -0.15) is 0 Å². The maximum atomic E-state index is 12.4. The molecule has 0 spiro atoms. The van der Waals surface area contributed by atoms with Gasteiger partial charge in [0.05, 0.1) is 26.7 Å². The van der Waals surface area contributed by atoms with Gasteiger partial charge in [-0.1, -0.05) is 12.5 Å². The third kappa shape index (κ3) is 5.61. The number of allylic oxidation sites excluding steroid dienone is 1. The summed E-state index contributed by atoms with van der Waals surface area (Å²) in [4.78, 5) is 23.6. The average Bonchev–Trinajstić information content (AvgIpc) is 2.52. The standard InChI is InChI=1S/C18H25NO5/c1-11(2)8-12(3)18(22)19-15(10-17(20)21)14-7-6-13(23-4)9-16(14)24-5/h6-7,9,12,15H,1,8,10H2,2-5H3,(H,19,22)(H,20,21). The van der Waals surface area contributed by atoms with Gasteiger partial charge < -0.3 is 19.9 Å². The molecule has 132 valence electrons. The number of carbonyl (C=O) groups excluding carboxylic acids is 1. The highest BCUT2D eigenvalue weighted by atomic mass is 16.5. The van der Waals surface area contributed by atoms with E-state index in [0.717, 1.165) is 5.57 Å². The van der Waals surface area contributed by atoms with Crippen LogP contribution in [0.15, 0.2) is 30.4 Å². The van der Waals surface area contributed by atoms with Gasteiger partial charge in [0.25, 0.3) is 0 Å². The van der Waals surface area contributed by atoms with Gasteiger partial charge in [0.15, 0.2) is 0 Å². The zero-order valence-electron chi connectivity index (χ0n) is 14.6. The second kappa shape index (κ2) is 8.96. The Kier molecular flexibility index (Phi) is 7.30. The number of carboxylic acid groups (broad SMARTS) is 1. The molecule has 0 aliphatic carbocycles. The summed E-state index contributed by atoms with van der Waals surface area (Å²) in [6, 6.07) is 4.38. The number of hydrogen-bond donors (Lipinski definition) is 2. The van der Waals surface area contributed by atoms with Gasteiger partial charge in [0.2, 0.25) is 5.91 Å². The highest BCUT2D eigenvalue weighted by Crippen LogP contribution is 2.31. The lowest BCUT2D eigenvalue weighted by atomic mass is 9.98. The zero-order chi connectivity index (χ0) is 18.3. The van der Waals surface area contributed by atoms with Crippen LogP contribution < -0.4 is 14.8 Å². The van der Waals surface area contributed by atoms with Crippen LogP contribution >= 0.6 is 0 Å². The largest absolute Gasteiger partial charge is 0.497 e. The summed E-state index contributed by atoms with van der Waals surface area (Å²) in [5.41, 5.74) is 1.49. The molecule has 1 aromatic carbocycles. The molecule has 0 radical (unpaired) electrons. The fourth-order valence-corrected chi connectivity index (χ4v) is 2.45. The number of aliphatic carboxylic acids is 1. The summed E-state index contributed by atoms with van der Waals surface area (Å²) in [5.74, 6) is -0.462. The van der Waals surface area contributed by atoms with Gasteiger partial charge in [-0.15, -0.1) is 6.58 Å². The second-order valence-electron chi connectivity index (χ2n) is 5.83. The molecule has 0 aliphatic heterocycles. The van der Waals surface area contributed by atoms with E-state index in [1.54, 1.807) is 25.1 Å². The van der Waals surface area contributed by atoms with Crippen molar-refractivity contribution in [3.8, 4) is 11.5 Å². The zero-order valence-corrected chi connectivity index (χ0v) is 14.6. The van der Waals surface area contributed by atoms with Gasteiger partial charge in [-0.25, -0.2) is 0 Å². The van der Waals surface area contributed by atoms with Crippen molar-refractivity contribution in [3.05, 3.63) is 35.9 Å². The van der Waals surface area contributed by atoms with Crippen LogP contribution in [0.5, 0.6) is 11.5 Å². The highest BCUT2D eigenvalue weighted by Gasteiger charge is 2.24. The fraction of sp³-hybridized carbons (Fsp3) is 0.444. The second-order valence-corrected chi connectivity index (χ2v) is 5.83. The SMILES string of the molecule is C=C(C)CC(C)C(=O)NC(CC(=O)O)c1ccc(OC)cc1OC. The first kappa shape index (κ1) is 19.5. The first-order valence-electron chi connectivity index (χ1n) is 7.67. The topological polar surface area (TPSA) is 84.9 Å². The molecule has 0 bridgehead atoms. The summed E-state index contributed by atoms with van der Waals surface area (Å²) >= 11 is 0. The van der Waals surface area contributed by atoms with E-state index in [2.05, 4.69) is 11.9 Å². The van der Waals surface area contributed by atoms with E-state index >= 15 is 0 Å². The van der Waals surface area contributed by atoms with E-state index in [-0.39, 0.29) is 18.2 Å². The van der Waals surface area contributed by atoms with E-state index < -0.39 is 12.0 Å². The number of methoxy groups -OCH3 is 2. The molecule has 0 saturated heterocycles. The number of benzene rings is 1. The van der Waals surface area contributed by atoms with E-state index in [0.29, 0.717) is 23.5 Å². The number of hydrogen-bond acceptors (Lipinski definition) is 4. The number of carbonyl (C=O) groups is 2.